The lowest BCUT2D eigenvalue weighted by molar-refractivity contribution is -0.141. The predicted octanol–water partition coefficient (Wildman–Crippen LogP) is 0.934. The number of aliphatic carboxylic acids is 2. The fourth-order valence-electron chi connectivity index (χ4n) is 5.46. The number of nitrogens with two attached hydrogens (primary N) is 1. The maximum absolute atomic E-state index is 14.0. The molecule has 0 spiro atoms. The van der Waals surface area contributed by atoms with Crippen molar-refractivity contribution < 1.29 is 34.2 Å². The van der Waals surface area contributed by atoms with Gasteiger partial charge in [0.1, 0.15) is 30.2 Å². The molecule has 2 heterocycles. The molecule has 15 heteroatoms. The van der Waals surface area contributed by atoms with Gasteiger partial charge in [0.15, 0.2) is 0 Å². The first-order chi connectivity index (χ1) is 21.6. The number of nitrogens with one attached hydrogen (secondary N) is 5. The van der Waals surface area contributed by atoms with Crippen LogP contribution in [0.2, 0.25) is 0 Å². The Morgan fingerprint density at radius 3 is 1.80 bits per heavy atom. The minimum atomic E-state index is -1.32. The molecule has 0 radical (unpaired) electrons. The van der Waals surface area contributed by atoms with Crippen LogP contribution < -0.4 is 32.3 Å². The van der Waals surface area contributed by atoms with E-state index in [4.69, 9.17) is 5.73 Å². The van der Waals surface area contributed by atoms with Crippen molar-refractivity contribution in [2.24, 2.45) is 5.73 Å². The molecule has 3 amide bonds. The zero-order valence-electron chi connectivity index (χ0n) is 25.9. The van der Waals surface area contributed by atoms with Crippen LogP contribution >= 0.6 is 23.5 Å². The third-order valence-corrected chi connectivity index (χ3v) is 10.8. The van der Waals surface area contributed by atoms with Crippen molar-refractivity contribution in [3.8, 4) is 0 Å². The monoisotopic (exact) mass is 672 g/mol. The van der Waals surface area contributed by atoms with Crippen molar-refractivity contribution in [1.82, 2.24) is 26.6 Å². The fraction of sp³-hybridized carbons (Fsp3) is 0.452. The Hall–Kier alpha value is -3.63. The van der Waals surface area contributed by atoms with Crippen LogP contribution in [-0.2, 0) is 24.0 Å². The number of benzene rings is 2. The number of thioether (sulfide) groups is 2. The molecule has 13 nitrogen and oxygen atoms in total. The highest BCUT2D eigenvalue weighted by atomic mass is 32.2. The van der Waals surface area contributed by atoms with Crippen molar-refractivity contribution in [1.29, 1.82) is 0 Å². The van der Waals surface area contributed by atoms with Gasteiger partial charge in [-0.3, -0.25) is 34.6 Å². The van der Waals surface area contributed by atoms with Gasteiger partial charge in [-0.2, -0.15) is 0 Å². The summed E-state index contributed by atoms with van der Waals surface area (Å²) in [7, 11) is 0. The molecule has 2 saturated heterocycles. The summed E-state index contributed by atoms with van der Waals surface area (Å²) in [5.74, 6) is -4.05. The normalized spacial score (nSPS) is 25.1. The molecule has 0 bridgehead atoms. The van der Waals surface area contributed by atoms with E-state index in [1.165, 1.54) is 23.5 Å². The summed E-state index contributed by atoms with van der Waals surface area (Å²) in [6, 6.07) is 11.6. The summed E-state index contributed by atoms with van der Waals surface area (Å²) < 4.78 is -1.46. The van der Waals surface area contributed by atoms with E-state index in [1.54, 1.807) is 74.5 Å². The van der Waals surface area contributed by atoms with Gasteiger partial charge in [-0.1, -0.05) is 60.7 Å². The van der Waals surface area contributed by atoms with Crippen molar-refractivity contribution in [3.05, 3.63) is 71.8 Å². The molecule has 2 aliphatic heterocycles. The maximum atomic E-state index is 14.0. The Balaban J connectivity index is 1.56. The summed E-state index contributed by atoms with van der Waals surface area (Å²) in [4.78, 5) is 64.7. The number of carbonyl (C=O) groups is 5. The Labute approximate surface area is 275 Å². The lowest BCUT2D eigenvalue weighted by atomic mass is 10.0. The summed E-state index contributed by atoms with van der Waals surface area (Å²) in [6.07, 6.45) is 0. The second-order valence-corrected chi connectivity index (χ2v) is 15.9. The van der Waals surface area contributed by atoms with Gasteiger partial charge in [-0.25, -0.2) is 0 Å². The molecule has 2 aliphatic rings. The number of rotatable bonds is 12. The molecule has 248 valence electrons. The lowest BCUT2D eigenvalue weighted by Crippen LogP contribution is -2.59. The van der Waals surface area contributed by atoms with Crippen LogP contribution in [0.4, 0.5) is 0 Å². The molecule has 2 aromatic carbocycles. The zero-order valence-corrected chi connectivity index (χ0v) is 27.5. The van der Waals surface area contributed by atoms with Crippen LogP contribution in [0.15, 0.2) is 60.7 Å². The SMILES string of the molecule is CC1(C)SC(CNC(=O)C(NC(=O)C(NC(=O)C(N)c2ccccc2)C2NC(C(=O)O)C(C)(C)S2)c2ccccc2)NC1C(=O)O. The fourth-order valence-corrected chi connectivity index (χ4v) is 8.36. The Kier molecular flexibility index (Phi) is 11.0. The van der Waals surface area contributed by atoms with E-state index < -0.39 is 80.1 Å². The van der Waals surface area contributed by atoms with E-state index in [0.717, 1.165) is 0 Å². The van der Waals surface area contributed by atoms with E-state index in [9.17, 15) is 34.2 Å². The number of carboxylic acid groups (broad SMARTS) is 2. The van der Waals surface area contributed by atoms with Crippen LogP contribution in [0.3, 0.4) is 0 Å². The largest absolute Gasteiger partial charge is 0.480 e. The van der Waals surface area contributed by atoms with Crippen LogP contribution in [0, 0.1) is 0 Å². The zero-order chi connectivity index (χ0) is 33.8. The molecule has 7 unspecified atom stereocenters. The minimum absolute atomic E-state index is 0.0799. The molecule has 46 heavy (non-hydrogen) atoms. The third-order valence-electron chi connectivity index (χ3n) is 7.91. The summed E-state index contributed by atoms with van der Waals surface area (Å²) in [5, 5.41) is 32.4. The third kappa shape index (κ3) is 8.20. The summed E-state index contributed by atoms with van der Waals surface area (Å²) >= 11 is 2.57. The molecular weight excluding hydrogens is 633 g/mol. The molecule has 4 rings (SSSR count). The van der Waals surface area contributed by atoms with Crippen molar-refractivity contribution in [2.75, 3.05) is 6.54 Å². The lowest BCUT2D eigenvalue weighted by Gasteiger charge is -2.28. The molecular formula is C31H40N6O7S2. The Morgan fingerprint density at radius 2 is 1.28 bits per heavy atom. The molecule has 9 N–H and O–H groups in total. The van der Waals surface area contributed by atoms with Crippen molar-refractivity contribution in [2.45, 2.75) is 78.1 Å². The topological polar surface area (TPSA) is 212 Å². The van der Waals surface area contributed by atoms with Crippen LogP contribution in [-0.4, -0.2) is 84.8 Å². The molecule has 0 saturated carbocycles. The first-order valence-corrected chi connectivity index (χ1v) is 16.4. The van der Waals surface area contributed by atoms with Crippen LogP contribution in [0.25, 0.3) is 0 Å². The van der Waals surface area contributed by atoms with E-state index >= 15 is 0 Å². The predicted molar refractivity (Wildman–Crippen MR) is 176 cm³/mol. The van der Waals surface area contributed by atoms with Crippen molar-refractivity contribution in [3.63, 3.8) is 0 Å². The smallest absolute Gasteiger partial charge is 0.322 e. The first-order valence-electron chi connectivity index (χ1n) is 14.7. The summed E-state index contributed by atoms with van der Waals surface area (Å²) in [5.41, 5.74) is 7.21. The van der Waals surface area contributed by atoms with Crippen LogP contribution in [0.1, 0.15) is 50.9 Å². The molecule has 2 aromatic rings. The average Bonchev–Trinajstić information content (AvgIpc) is 3.51. The second kappa shape index (κ2) is 14.4. The highest BCUT2D eigenvalue weighted by molar-refractivity contribution is 8.01. The van der Waals surface area contributed by atoms with Gasteiger partial charge in [-0.05, 0) is 38.8 Å². The van der Waals surface area contributed by atoms with E-state index in [-0.39, 0.29) is 6.54 Å². The Bertz CT molecular complexity index is 1450. The van der Waals surface area contributed by atoms with Gasteiger partial charge in [0.2, 0.25) is 17.7 Å². The minimum Gasteiger partial charge on any atom is -0.480 e. The van der Waals surface area contributed by atoms with E-state index in [0.29, 0.717) is 11.1 Å². The van der Waals surface area contributed by atoms with Gasteiger partial charge in [0, 0.05) is 16.0 Å². The van der Waals surface area contributed by atoms with E-state index in [2.05, 4.69) is 26.6 Å². The second-order valence-electron chi connectivity index (χ2n) is 12.2. The maximum Gasteiger partial charge on any atom is 0.322 e. The van der Waals surface area contributed by atoms with Gasteiger partial charge >= 0.3 is 11.9 Å². The van der Waals surface area contributed by atoms with Crippen molar-refractivity contribution >= 4 is 53.2 Å². The standard InChI is InChI=1S/C31H40N6O7S2/c1-30(2)22(28(41)42)34-18(45-30)15-33-25(39)20(17-13-9-6-10-14-17)35-26(40)21(27-37-23(29(43)44)31(3,4)46-27)36-24(38)19(32)16-11-7-5-8-12-16/h5-14,18-23,27,34,37H,15,32H2,1-4H3,(H,33,39)(H,35,40)(H,36,38)(H,41,42)(H,43,44). The highest BCUT2D eigenvalue weighted by Crippen LogP contribution is 2.40. The first kappa shape index (κ1) is 35.2. The number of amides is 3. The van der Waals surface area contributed by atoms with Gasteiger partial charge in [0.25, 0.3) is 0 Å². The van der Waals surface area contributed by atoms with Gasteiger partial charge in [-0.15, -0.1) is 23.5 Å². The number of carboxylic acids is 2. The Morgan fingerprint density at radius 1 is 0.761 bits per heavy atom. The van der Waals surface area contributed by atoms with E-state index in [1.807, 2.05) is 13.8 Å². The molecule has 2 fully saturated rings. The highest BCUT2D eigenvalue weighted by Gasteiger charge is 2.50. The molecule has 0 aromatic heterocycles. The quantitative estimate of drug-likeness (QED) is 0.158. The van der Waals surface area contributed by atoms with Gasteiger partial charge in [0.05, 0.1) is 10.7 Å². The average molecular weight is 673 g/mol. The number of hydrogen-bond acceptors (Lipinski definition) is 10. The molecule has 0 aliphatic carbocycles. The summed E-state index contributed by atoms with van der Waals surface area (Å²) in [6.45, 7) is 7.14. The molecule has 7 atom stereocenters. The number of carbonyl (C=O) groups excluding carboxylic acids is 3. The van der Waals surface area contributed by atoms with Gasteiger partial charge < -0.3 is 31.9 Å². The van der Waals surface area contributed by atoms with Crippen LogP contribution in [0.5, 0.6) is 0 Å². The number of hydrogen-bond donors (Lipinski definition) is 8.